The smallest absolute Gasteiger partial charge is 0.251 e. The topological polar surface area (TPSA) is 50.4 Å². The van der Waals surface area contributed by atoms with Crippen molar-refractivity contribution in [1.82, 2.24) is 10.6 Å². The fourth-order valence-corrected chi connectivity index (χ4v) is 2.34. The first-order chi connectivity index (χ1) is 9.31. The lowest BCUT2D eigenvalue weighted by molar-refractivity contribution is 0.0623. The van der Waals surface area contributed by atoms with E-state index in [-0.39, 0.29) is 11.9 Å². The zero-order valence-corrected chi connectivity index (χ0v) is 11.4. The number of carbonyl (C=O) groups is 1. The number of benzene rings is 1. The largest absolute Gasteiger partial charge is 0.379 e. The van der Waals surface area contributed by atoms with Crippen LogP contribution in [0.25, 0.3) is 0 Å². The minimum atomic E-state index is 0.0159. The highest BCUT2D eigenvalue weighted by Crippen LogP contribution is 2.12. The number of likely N-dealkylation sites (N-methyl/N-ethyl adjacent to an activating group) is 1. The number of rotatable bonds is 5. The molecule has 1 aromatic rings. The molecular formula is C15H22N2O2. The second kappa shape index (κ2) is 7.26. The zero-order chi connectivity index (χ0) is 13.5. The molecule has 1 aliphatic rings. The molecule has 1 heterocycles. The Morgan fingerprint density at radius 1 is 1.42 bits per heavy atom. The van der Waals surface area contributed by atoms with Gasteiger partial charge in [-0.05, 0) is 44.5 Å². The van der Waals surface area contributed by atoms with E-state index < -0.39 is 0 Å². The molecule has 1 aliphatic heterocycles. The van der Waals surface area contributed by atoms with Gasteiger partial charge >= 0.3 is 0 Å². The molecule has 2 N–H and O–H groups in total. The fraction of sp³-hybridized carbons (Fsp3) is 0.533. The van der Waals surface area contributed by atoms with Crippen LogP contribution in [-0.4, -0.2) is 38.8 Å². The average molecular weight is 262 g/mol. The second-order valence-corrected chi connectivity index (χ2v) is 4.90. The lowest BCUT2D eigenvalue weighted by atomic mass is 10.0. The highest BCUT2D eigenvalue weighted by molar-refractivity contribution is 5.95. The summed E-state index contributed by atoms with van der Waals surface area (Å²) < 4.78 is 5.39. The molecule has 104 valence electrons. The van der Waals surface area contributed by atoms with Gasteiger partial charge < -0.3 is 15.4 Å². The van der Waals surface area contributed by atoms with Crippen molar-refractivity contribution in [2.45, 2.75) is 25.3 Å². The van der Waals surface area contributed by atoms with E-state index in [0.717, 1.165) is 43.5 Å². The first kappa shape index (κ1) is 14.0. The molecule has 1 fully saturated rings. The van der Waals surface area contributed by atoms with Gasteiger partial charge in [0.1, 0.15) is 0 Å². The van der Waals surface area contributed by atoms with Gasteiger partial charge in [0.05, 0.1) is 12.6 Å². The van der Waals surface area contributed by atoms with Crippen LogP contribution in [-0.2, 0) is 11.2 Å². The van der Waals surface area contributed by atoms with Crippen LogP contribution >= 0.6 is 0 Å². The van der Waals surface area contributed by atoms with Crippen LogP contribution in [0.5, 0.6) is 0 Å². The highest BCUT2D eigenvalue weighted by atomic mass is 16.5. The minimum absolute atomic E-state index is 0.0159. The summed E-state index contributed by atoms with van der Waals surface area (Å²) in [4.78, 5) is 12.3. The molecule has 1 unspecified atom stereocenters. The first-order valence-electron chi connectivity index (χ1n) is 6.92. The van der Waals surface area contributed by atoms with Crippen LogP contribution in [0.15, 0.2) is 24.3 Å². The van der Waals surface area contributed by atoms with Gasteiger partial charge in [-0.3, -0.25) is 4.79 Å². The van der Waals surface area contributed by atoms with Gasteiger partial charge in [-0.2, -0.15) is 0 Å². The molecule has 0 saturated carbocycles. The van der Waals surface area contributed by atoms with Gasteiger partial charge in [0, 0.05) is 12.2 Å². The van der Waals surface area contributed by atoms with Gasteiger partial charge in [-0.1, -0.05) is 18.2 Å². The van der Waals surface area contributed by atoms with Crippen molar-refractivity contribution in [3.63, 3.8) is 0 Å². The lowest BCUT2D eigenvalue weighted by Gasteiger charge is -2.23. The van der Waals surface area contributed by atoms with Crippen molar-refractivity contribution in [2.24, 2.45) is 0 Å². The average Bonchev–Trinajstić information content (AvgIpc) is 2.46. The number of hydrogen-bond donors (Lipinski definition) is 2. The minimum Gasteiger partial charge on any atom is -0.379 e. The van der Waals surface area contributed by atoms with Crippen LogP contribution in [0.2, 0.25) is 0 Å². The molecule has 1 atom stereocenters. The molecule has 0 spiro atoms. The summed E-state index contributed by atoms with van der Waals surface area (Å²) in [6.45, 7) is 2.31. The monoisotopic (exact) mass is 262 g/mol. The molecule has 1 saturated heterocycles. The molecule has 4 heteroatoms. The quantitative estimate of drug-likeness (QED) is 0.842. The van der Waals surface area contributed by atoms with E-state index in [2.05, 4.69) is 10.6 Å². The first-order valence-corrected chi connectivity index (χ1v) is 6.92. The van der Waals surface area contributed by atoms with Gasteiger partial charge in [-0.15, -0.1) is 0 Å². The van der Waals surface area contributed by atoms with Crippen molar-refractivity contribution in [2.75, 3.05) is 26.8 Å². The summed E-state index contributed by atoms with van der Waals surface area (Å²) in [5, 5.41) is 6.18. The van der Waals surface area contributed by atoms with E-state index in [1.54, 1.807) is 0 Å². The Labute approximate surface area is 114 Å². The maximum atomic E-state index is 12.3. The number of carbonyl (C=O) groups excluding carboxylic acids is 1. The van der Waals surface area contributed by atoms with Crippen molar-refractivity contribution in [3.05, 3.63) is 35.4 Å². The van der Waals surface area contributed by atoms with E-state index in [1.165, 1.54) is 0 Å². The third-order valence-electron chi connectivity index (χ3n) is 3.40. The molecule has 0 aromatic heterocycles. The summed E-state index contributed by atoms with van der Waals surface area (Å²) in [6, 6.07) is 7.95. The van der Waals surface area contributed by atoms with E-state index in [0.29, 0.717) is 6.61 Å². The molecule has 2 rings (SSSR count). The van der Waals surface area contributed by atoms with Crippen LogP contribution in [0.4, 0.5) is 0 Å². The number of ether oxygens (including phenoxy) is 1. The zero-order valence-electron chi connectivity index (χ0n) is 11.4. The predicted molar refractivity (Wildman–Crippen MR) is 75.4 cm³/mol. The summed E-state index contributed by atoms with van der Waals surface area (Å²) in [5.41, 5.74) is 1.87. The second-order valence-electron chi connectivity index (χ2n) is 4.90. The Kier molecular flexibility index (Phi) is 5.36. The van der Waals surface area contributed by atoms with Crippen LogP contribution in [0.1, 0.15) is 28.8 Å². The normalized spacial score (nSPS) is 19.1. The van der Waals surface area contributed by atoms with E-state index in [4.69, 9.17) is 4.74 Å². The number of amides is 1. The fourth-order valence-electron chi connectivity index (χ4n) is 2.34. The van der Waals surface area contributed by atoms with Crippen molar-refractivity contribution in [3.8, 4) is 0 Å². The molecule has 1 amide bonds. The Hall–Kier alpha value is -1.39. The van der Waals surface area contributed by atoms with Crippen molar-refractivity contribution < 1.29 is 9.53 Å². The van der Waals surface area contributed by atoms with Crippen LogP contribution in [0, 0.1) is 0 Å². The van der Waals surface area contributed by atoms with Gasteiger partial charge in [0.25, 0.3) is 5.91 Å². The van der Waals surface area contributed by atoms with Gasteiger partial charge in [0.15, 0.2) is 0 Å². The Bertz CT molecular complexity index is 414. The third-order valence-corrected chi connectivity index (χ3v) is 3.40. The van der Waals surface area contributed by atoms with Crippen molar-refractivity contribution >= 4 is 5.91 Å². The SMILES string of the molecule is CNCCc1ccccc1C(=O)NC1CCCOC1. The summed E-state index contributed by atoms with van der Waals surface area (Å²) in [7, 11) is 1.92. The molecule has 0 aliphatic carbocycles. The summed E-state index contributed by atoms with van der Waals surface area (Å²) in [5.74, 6) is 0.0159. The predicted octanol–water partition coefficient (Wildman–Crippen LogP) is 1.36. The maximum absolute atomic E-state index is 12.3. The van der Waals surface area contributed by atoms with Gasteiger partial charge in [-0.25, -0.2) is 0 Å². The molecule has 0 radical (unpaired) electrons. The third kappa shape index (κ3) is 4.04. The maximum Gasteiger partial charge on any atom is 0.251 e. The van der Waals surface area contributed by atoms with E-state index in [1.807, 2.05) is 31.3 Å². The Balaban J connectivity index is 2.00. The molecule has 4 nitrogen and oxygen atoms in total. The lowest BCUT2D eigenvalue weighted by Crippen LogP contribution is -2.41. The summed E-state index contributed by atoms with van der Waals surface area (Å²) >= 11 is 0. The molecule has 1 aromatic carbocycles. The molecular weight excluding hydrogens is 240 g/mol. The van der Waals surface area contributed by atoms with Crippen LogP contribution in [0.3, 0.4) is 0 Å². The number of nitrogens with one attached hydrogen (secondary N) is 2. The Morgan fingerprint density at radius 2 is 2.26 bits per heavy atom. The standard InChI is InChI=1S/C15H22N2O2/c1-16-9-8-12-5-2-3-7-14(12)15(18)17-13-6-4-10-19-11-13/h2-3,5,7,13,16H,4,6,8-11H2,1H3,(H,17,18). The highest BCUT2D eigenvalue weighted by Gasteiger charge is 2.18. The number of hydrogen-bond acceptors (Lipinski definition) is 3. The molecule has 19 heavy (non-hydrogen) atoms. The van der Waals surface area contributed by atoms with Crippen LogP contribution < -0.4 is 10.6 Å². The summed E-state index contributed by atoms with van der Waals surface area (Å²) in [6.07, 6.45) is 2.89. The molecule has 0 bridgehead atoms. The van der Waals surface area contributed by atoms with E-state index in [9.17, 15) is 4.79 Å². The Morgan fingerprint density at radius 3 is 3.00 bits per heavy atom. The van der Waals surface area contributed by atoms with Crippen molar-refractivity contribution in [1.29, 1.82) is 0 Å². The van der Waals surface area contributed by atoms with Gasteiger partial charge in [0.2, 0.25) is 0 Å². The van der Waals surface area contributed by atoms with E-state index >= 15 is 0 Å².